The Labute approximate surface area is 166 Å². The highest BCUT2D eigenvalue weighted by atomic mass is 16.5. The van der Waals surface area contributed by atoms with Crippen LogP contribution in [0.1, 0.15) is 68.6 Å². The number of nitrogens with zero attached hydrogens (tertiary/aromatic N) is 1. The molecule has 1 saturated heterocycles. The molecule has 154 valence electrons. The second-order valence-corrected chi connectivity index (χ2v) is 7.06. The van der Waals surface area contributed by atoms with E-state index in [4.69, 9.17) is 4.74 Å². The second-order valence-electron chi connectivity index (χ2n) is 7.06. The molecule has 0 radical (unpaired) electrons. The van der Waals surface area contributed by atoms with E-state index < -0.39 is 11.8 Å². The highest BCUT2D eigenvalue weighted by Gasteiger charge is 2.19. The first-order valence-corrected chi connectivity index (χ1v) is 10.2. The molecule has 0 unspecified atom stereocenters. The summed E-state index contributed by atoms with van der Waals surface area (Å²) >= 11 is 0. The molecule has 2 rings (SSSR count). The van der Waals surface area contributed by atoms with E-state index >= 15 is 0 Å². The maximum Gasteiger partial charge on any atom is 0.269 e. The fourth-order valence-electron chi connectivity index (χ4n) is 3.04. The summed E-state index contributed by atoms with van der Waals surface area (Å²) in [6.07, 6.45) is 7.81. The Balaban J connectivity index is 1.71. The van der Waals surface area contributed by atoms with Crippen molar-refractivity contribution >= 4 is 17.7 Å². The van der Waals surface area contributed by atoms with Gasteiger partial charge in [0.25, 0.3) is 11.8 Å². The molecule has 1 aromatic rings. The Bertz CT molecular complexity index is 646. The Kier molecular flexibility index (Phi) is 9.31. The number of hydrogen-bond acceptors (Lipinski definition) is 4. The summed E-state index contributed by atoms with van der Waals surface area (Å²) in [7, 11) is 0. The van der Waals surface area contributed by atoms with Gasteiger partial charge in [0.2, 0.25) is 5.91 Å². The largest absolute Gasteiger partial charge is 0.494 e. The molecular weight excluding hydrogens is 358 g/mol. The first-order chi connectivity index (χ1) is 13.6. The van der Waals surface area contributed by atoms with Gasteiger partial charge in [-0.25, -0.2) is 0 Å². The maximum atomic E-state index is 12.2. The number of carbonyl (C=O) groups is 3. The van der Waals surface area contributed by atoms with Crippen LogP contribution in [0.3, 0.4) is 0 Å². The molecule has 7 heteroatoms. The molecule has 7 nitrogen and oxygen atoms in total. The van der Waals surface area contributed by atoms with Crippen molar-refractivity contribution < 1.29 is 19.1 Å². The summed E-state index contributed by atoms with van der Waals surface area (Å²) in [6.45, 7) is 3.38. The lowest BCUT2D eigenvalue weighted by Gasteiger charge is -2.19. The average molecular weight is 389 g/mol. The van der Waals surface area contributed by atoms with Crippen LogP contribution in [0.4, 0.5) is 0 Å². The van der Waals surface area contributed by atoms with Gasteiger partial charge in [-0.05, 0) is 43.5 Å². The van der Waals surface area contributed by atoms with Crippen LogP contribution < -0.4 is 15.6 Å². The van der Waals surface area contributed by atoms with E-state index in [2.05, 4.69) is 17.8 Å². The van der Waals surface area contributed by atoms with E-state index in [1.807, 2.05) is 0 Å². The predicted molar refractivity (Wildman–Crippen MR) is 107 cm³/mol. The van der Waals surface area contributed by atoms with Crippen molar-refractivity contribution in [3.05, 3.63) is 29.8 Å². The summed E-state index contributed by atoms with van der Waals surface area (Å²) in [5, 5.41) is 0. The molecule has 2 N–H and O–H groups in total. The van der Waals surface area contributed by atoms with Crippen molar-refractivity contribution in [1.82, 2.24) is 15.8 Å². The molecule has 0 saturated carbocycles. The summed E-state index contributed by atoms with van der Waals surface area (Å²) < 4.78 is 5.65. The van der Waals surface area contributed by atoms with E-state index in [-0.39, 0.29) is 12.5 Å². The Morgan fingerprint density at radius 1 is 1.04 bits per heavy atom. The SMILES string of the molecule is CCCCCCOc1ccc(C(=O)NNC(=O)CN2CCCCCC2=O)cc1. The topological polar surface area (TPSA) is 87.7 Å². The fourth-order valence-corrected chi connectivity index (χ4v) is 3.04. The number of unbranched alkanes of at least 4 members (excludes halogenated alkanes) is 3. The third kappa shape index (κ3) is 7.58. The van der Waals surface area contributed by atoms with Gasteiger partial charge >= 0.3 is 0 Å². The first-order valence-electron chi connectivity index (χ1n) is 10.2. The number of amides is 3. The molecule has 0 bridgehead atoms. The van der Waals surface area contributed by atoms with Crippen LogP contribution >= 0.6 is 0 Å². The minimum absolute atomic E-state index is 0.00994. The van der Waals surface area contributed by atoms with E-state index in [0.717, 1.165) is 37.9 Å². The van der Waals surface area contributed by atoms with Crippen molar-refractivity contribution in [2.45, 2.75) is 58.3 Å². The minimum atomic E-state index is -0.412. The van der Waals surface area contributed by atoms with Gasteiger partial charge in [-0.2, -0.15) is 0 Å². The van der Waals surface area contributed by atoms with Crippen LogP contribution in [0.25, 0.3) is 0 Å². The molecular formula is C21H31N3O4. The standard InChI is InChI=1S/C21H31N3O4/c1-2-3-4-8-15-28-18-12-10-17(11-13-18)21(27)23-22-19(25)16-24-14-7-5-6-9-20(24)26/h10-13H,2-9,14-16H2,1H3,(H,22,25)(H,23,27). The van der Waals surface area contributed by atoms with Crippen LogP contribution in [-0.2, 0) is 9.59 Å². The predicted octanol–water partition coefficient (Wildman–Crippen LogP) is 2.81. The summed E-state index contributed by atoms with van der Waals surface area (Å²) in [5.74, 6) is -0.110. The molecule has 28 heavy (non-hydrogen) atoms. The van der Waals surface area contributed by atoms with Crippen LogP contribution in [-0.4, -0.2) is 42.3 Å². The van der Waals surface area contributed by atoms with Gasteiger partial charge in [-0.3, -0.25) is 25.2 Å². The number of nitrogens with one attached hydrogen (secondary N) is 2. The van der Waals surface area contributed by atoms with Gasteiger partial charge in [-0.1, -0.05) is 32.6 Å². The number of hydrogen-bond donors (Lipinski definition) is 2. The molecule has 1 aromatic carbocycles. The number of carbonyl (C=O) groups excluding carboxylic acids is 3. The normalized spacial score (nSPS) is 14.3. The van der Waals surface area contributed by atoms with Crippen molar-refractivity contribution in [2.75, 3.05) is 19.7 Å². The molecule has 3 amide bonds. The molecule has 0 spiro atoms. The van der Waals surface area contributed by atoms with E-state index in [0.29, 0.717) is 25.1 Å². The molecule has 1 fully saturated rings. The molecule has 1 aliphatic rings. The number of benzene rings is 1. The Hall–Kier alpha value is -2.57. The number of likely N-dealkylation sites (tertiary alicyclic amines) is 1. The quantitative estimate of drug-likeness (QED) is 0.502. The monoisotopic (exact) mass is 389 g/mol. The van der Waals surface area contributed by atoms with E-state index in [1.54, 1.807) is 29.2 Å². The number of rotatable bonds is 9. The van der Waals surface area contributed by atoms with Gasteiger partial charge in [-0.15, -0.1) is 0 Å². The van der Waals surface area contributed by atoms with Gasteiger partial charge in [0.1, 0.15) is 12.3 Å². The van der Waals surface area contributed by atoms with Crippen LogP contribution in [0, 0.1) is 0 Å². The van der Waals surface area contributed by atoms with Gasteiger partial charge in [0, 0.05) is 18.5 Å². The smallest absolute Gasteiger partial charge is 0.269 e. The highest BCUT2D eigenvalue weighted by molar-refractivity contribution is 5.95. The van der Waals surface area contributed by atoms with Crippen molar-refractivity contribution in [1.29, 1.82) is 0 Å². The summed E-state index contributed by atoms with van der Waals surface area (Å²) in [4.78, 5) is 37.6. The zero-order valence-electron chi connectivity index (χ0n) is 16.7. The van der Waals surface area contributed by atoms with E-state index in [1.165, 1.54) is 12.8 Å². The third-order valence-corrected chi connectivity index (χ3v) is 4.70. The zero-order chi connectivity index (χ0) is 20.2. The van der Waals surface area contributed by atoms with Crippen molar-refractivity contribution in [3.63, 3.8) is 0 Å². The first kappa shape index (κ1) is 21.7. The molecule has 0 atom stereocenters. The van der Waals surface area contributed by atoms with Crippen LogP contribution in [0.15, 0.2) is 24.3 Å². The second kappa shape index (κ2) is 12.0. The number of hydrazine groups is 1. The Morgan fingerprint density at radius 3 is 2.57 bits per heavy atom. The van der Waals surface area contributed by atoms with Crippen molar-refractivity contribution in [2.24, 2.45) is 0 Å². The lowest BCUT2D eigenvalue weighted by molar-refractivity contribution is -0.135. The summed E-state index contributed by atoms with van der Waals surface area (Å²) in [5.41, 5.74) is 5.18. The molecule has 0 aliphatic carbocycles. The minimum Gasteiger partial charge on any atom is -0.494 e. The highest BCUT2D eigenvalue weighted by Crippen LogP contribution is 2.13. The Morgan fingerprint density at radius 2 is 1.82 bits per heavy atom. The lowest BCUT2D eigenvalue weighted by atomic mass is 10.2. The van der Waals surface area contributed by atoms with E-state index in [9.17, 15) is 14.4 Å². The lowest BCUT2D eigenvalue weighted by Crippen LogP contribution is -2.47. The summed E-state index contributed by atoms with van der Waals surface area (Å²) in [6, 6.07) is 6.79. The number of ether oxygens (including phenoxy) is 1. The fraction of sp³-hybridized carbons (Fsp3) is 0.571. The van der Waals surface area contributed by atoms with Gasteiger partial charge in [0.15, 0.2) is 0 Å². The van der Waals surface area contributed by atoms with Crippen LogP contribution in [0.2, 0.25) is 0 Å². The maximum absolute atomic E-state index is 12.2. The van der Waals surface area contributed by atoms with Crippen LogP contribution in [0.5, 0.6) is 5.75 Å². The van der Waals surface area contributed by atoms with Crippen molar-refractivity contribution in [3.8, 4) is 5.75 Å². The third-order valence-electron chi connectivity index (χ3n) is 4.70. The molecule has 1 aliphatic heterocycles. The average Bonchev–Trinajstić information content (AvgIpc) is 2.90. The van der Waals surface area contributed by atoms with Gasteiger partial charge in [0.05, 0.1) is 6.61 Å². The van der Waals surface area contributed by atoms with Gasteiger partial charge < -0.3 is 9.64 Å². The molecule has 1 heterocycles. The zero-order valence-corrected chi connectivity index (χ0v) is 16.7. The molecule has 0 aromatic heterocycles.